The minimum atomic E-state index is -0.480. The van der Waals surface area contributed by atoms with Gasteiger partial charge in [0.25, 0.3) is 0 Å². The summed E-state index contributed by atoms with van der Waals surface area (Å²) >= 11 is 14.6. The molecule has 0 atom stereocenters. The minimum Gasteiger partial charge on any atom is -0.324 e. The maximum atomic E-state index is 12.9. The van der Waals surface area contributed by atoms with Gasteiger partial charge in [-0.15, -0.1) is 0 Å². The molecule has 17 heavy (non-hydrogen) atoms. The SMILES string of the molecule is Fc1ccc(Nc2ncc(Br)c(Cl)n2)cc1Cl. The predicted molar refractivity (Wildman–Crippen MR) is 69.4 cm³/mol. The number of rotatable bonds is 2. The Morgan fingerprint density at radius 1 is 1.29 bits per heavy atom. The van der Waals surface area contributed by atoms with Crippen molar-refractivity contribution in [1.29, 1.82) is 0 Å². The van der Waals surface area contributed by atoms with Crippen LogP contribution in [0.3, 0.4) is 0 Å². The van der Waals surface area contributed by atoms with E-state index in [9.17, 15) is 4.39 Å². The zero-order chi connectivity index (χ0) is 12.4. The topological polar surface area (TPSA) is 37.8 Å². The second-order valence-electron chi connectivity index (χ2n) is 3.09. The first-order valence-corrected chi connectivity index (χ1v) is 6.01. The van der Waals surface area contributed by atoms with Crippen molar-refractivity contribution < 1.29 is 4.39 Å². The monoisotopic (exact) mass is 335 g/mol. The average molecular weight is 337 g/mol. The first-order valence-electron chi connectivity index (χ1n) is 4.46. The lowest BCUT2D eigenvalue weighted by molar-refractivity contribution is 0.628. The molecule has 3 nitrogen and oxygen atoms in total. The van der Waals surface area contributed by atoms with Crippen LogP contribution in [-0.4, -0.2) is 9.97 Å². The molecule has 2 rings (SSSR count). The maximum Gasteiger partial charge on any atom is 0.228 e. The van der Waals surface area contributed by atoms with Gasteiger partial charge in [-0.1, -0.05) is 23.2 Å². The van der Waals surface area contributed by atoms with Crippen molar-refractivity contribution >= 4 is 50.8 Å². The van der Waals surface area contributed by atoms with Gasteiger partial charge in [0.05, 0.1) is 9.50 Å². The first kappa shape index (κ1) is 12.5. The van der Waals surface area contributed by atoms with Crippen molar-refractivity contribution in [3.63, 3.8) is 0 Å². The van der Waals surface area contributed by atoms with Crippen molar-refractivity contribution in [2.45, 2.75) is 0 Å². The summed E-state index contributed by atoms with van der Waals surface area (Å²) in [6, 6.07) is 4.22. The number of hydrogen-bond acceptors (Lipinski definition) is 3. The van der Waals surface area contributed by atoms with Crippen LogP contribution in [0.5, 0.6) is 0 Å². The molecule has 0 spiro atoms. The number of aromatic nitrogens is 2. The average Bonchev–Trinajstić information content (AvgIpc) is 2.29. The van der Waals surface area contributed by atoms with E-state index in [-0.39, 0.29) is 10.2 Å². The number of benzene rings is 1. The molecule has 1 heterocycles. The summed E-state index contributed by atoms with van der Waals surface area (Å²) < 4.78 is 13.5. The Kier molecular flexibility index (Phi) is 3.81. The molecule has 0 saturated heterocycles. The summed E-state index contributed by atoms with van der Waals surface area (Å²) in [6.45, 7) is 0. The normalized spacial score (nSPS) is 10.4. The highest BCUT2D eigenvalue weighted by Crippen LogP contribution is 2.24. The van der Waals surface area contributed by atoms with Crippen molar-refractivity contribution in [3.8, 4) is 0 Å². The van der Waals surface area contributed by atoms with Crippen molar-refractivity contribution in [3.05, 3.63) is 44.9 Å². The Morgan fingerprint density at radius 3 is 2.71 bits per heavy atom. The molecule has 0 saturated carbocycles. The van der Waals surface area contributed by atoms with E-state index in [0.29, 0.717) is 16.1 Å². The number of anilines is 2. The van der Waals surface area contributed by atoms with Gasteiger partial charge < -0.3 is 5.32 Å². The van der Waals surface area contributed by atoms with Crippen LogP contribution in [0.25, 0.3) is 0 Å². The molecule has 2 aromatic rings. The highest BCUT2D eigenvalue weighted by Gasteiger charge is 2.05. The van der Waals surface area contributed by atoms with Gasteiger partial charge in [0.1, 0.15) is 11.0 Å². The molecule has 1 aromatic carbocycles. The van der Waals surface area contributed by atoms with Crippen LogP contribution in [0.4, 0.5) is 16.0 Å². The predicted octanol–water partition coefficient (Wildman–Crippen LogP) is 4.43. The van der Waals surface area contributed by atoms with Crippen molar-refractivity contribution in [1.82, 2.24) is 9.97 Å². The lowest BCUT2D eigenvalue weighted by Crippen LogP contribution is -1.97. The number of halogens is 4. The highest BCUT2D eigenvalue weighted by molar-refractivity contribution is 9.10. The first-order chi connectivity index (χ1) is 8.06. The third-order valence-electron chi connectivity index (χ3n) is 1.88. The molecule has 0 aliphatic carbocycles. The fourth-order valence-electron chi connectivity index (χ4n) is 1.11. The molecule has 0 fully saturated rings. The number of hydrogen-bond donors (Lipinski definition) is 1. The van der Waals surface area contributed by atoms with Gasteiger partial charge in [0, 0.05) is 11.9 Å². The van der Waals surface area contributed by atoms with E-state index < -0.39 is 5.82 Å². The lowest BCUT2D eigenvalue weighted by atomic mass is 10.3. The van der Waals surface area contributed by atoms with Gasteiger partial charge >= 0.3 is 0 Å². The molecular formula is C10H5BrCl2FN3. The van der Waals surface area contributed by atoms with Crippen LogP contribution in [0.1, 0.15) is 0 Å². The third kappa shape index (κ3) is 3.06. The van der Waals surface area contributed by atoms with Gasteiger partial charge in [-0.3, -0.25) is 0 Å². The Hall–Kier alpha value is -0.910. The van der Waals surface area contributed by atoms with Crippen molar-refractivity contribution in [2.75, 3.05) is 5.32 Å². The van der Waals surface area contributed by atoms with Crippen LogP contribution < -0.4 is 5.32 Å². The van der Waals surface area contributed by atoms with Crippen LogP contribution in [0, 0.1) is 5.82 Å². The van der Waals surface area contributed by atoms with E-state index in [1.807, 2.05) is 0 Å². The standard InChI is InChI=1S/C10H5BrCl2FN3/c11-6-4-15-10(17-9(6)13)16-5-1-2-8(14)7(12)3-5/h1-4H,(H,15,16,17). The summed E-state index contributed by atoms with van der Waals surface area (Å²) in [4.78, 5) is 7.98. The van der Waals surface area contributed by atoms with E-state index in [0.717, 1.165) is 0 Å². The quantitative estimate of drug-likeness (QED) is 0.824. The highest BCUT2D eigenvalue weighted by atomic mass is 79.9. The summed E-state index contributed by atoms with van der Waals surface area (Å²) in [5.74, 6) is -0.173. The van der Waals surface area contributed by atoms with Crippen LogP contribution in [0.2, 0.25) is 10.2 Å². The second kappa shape index (κ2) is 5.16. The Morgan fingerprint density at radius 2 is 2.06 bits per heavy atom. The zero-order valence-corrected chi connectivity index (χ0v) is 11.3. The summed E-state index contributed by atoms with van der Waals surface area (Å²) in [5.41, 5.74) is 0.579. The molecule has 0 aliphatic heterocycles. The lowest BCUT2D eigenvalue weighted by Gasteiger charge is -2.05. The summed E-state index contributed by atoms with van der Waals surface area (Å²) in [5, 5.41) is 3.18. The molecule has 1 aromatic heterocycles. The van der Waals surface area contributed by atoms with Crippen molar-refractivity contribution in [2.24, 2.45) is 0 Å². The molecular weight excluding hydrogens is 332 g/mol. The molecule has 0 bridgehead atoms. The smallest absolute Gasteiger partial charge is 0.228 e. The van der Waals surface area contributed by atoms with Gasteiger partial charge in [-0.05, 0) is 34.1 Å². The third-order valence-corrected chi connectivity index (χ3v) is 3.26. The maximum absolute atomic E-state index is 12.9. The Labute approximate surface area is 115 Å². The van der Waals surface area contributed by atoms with Gasteiger partial charge in [-0.2, -0.15) is 4.98 Å². The van der Waals surface area contributed by atoms with Gasteiger partial charge in [0.15, 0.2) is 0 Å². The molecule has 0 unspecified atom stereocenters. The van der Waals surface area contributed by atoms with Crippen LogP contribution in [0.15, 0.2) is 28.9 Å². The minimum absolute atomic E-state index is 0.0261. The van der Waals surface area contributed by atoms with E-state index in [4.69, 9.17) is 23.2 Å². The molecule has 88 valence electrons. The molecule has 0 radical (unpaired) electrons. The van der Waals surface area contributed by atoms with Crippen LogP contribution in [-0.2, 0) is 0 Å². The number of nitrogens with zero attached hydrogens (tertiary/aromatic N) is 2. The fourth-order valence-corrected chi connectivity index (χ4v) is 1.61. The second-order valence-corrected chi connectivity index (χ2v) is 4.71. The zero-order valence-electron chi connectivity index (χ0n) is 8.22. The Bertz CT molecular complexity index is 516. The van der Waals surface area contributed by atoms with Crippen LogP contribution >= 0.6 is 39.1 Å². The Balaban J connectivity index is 2.25. The largest absolute Gasteiger partial charge is 0.324 e. The van der Waals surface area contributed by atoms with E-state index >= 15 is 0 Å². The molecule has 0 aliphatic rings. The molecule has 0 amide bonds. The van der Waals surface area contributed by atoms with E-state index in [2.05, 4.69) is 31.2 Å². The summed E-state index contributed by atoms with van der Waals surface area (Å²) in [6.07, 6.45) is 1.52. The molecule has 1 N–H and O–H groups in total. The summed E-state index contributed by atoms with van der Waals surface area (Å²) in [7, 11) is 0. The fraction of sp³-hybridized carbons (Fsp3) is 0. The van der Waals surface area contributed by atoms with Gasteiger partial charge in [0.2, 0.25) is 5.95 Å². The van der Waals surface area contributed by atoms with E-state index in [1.54, 1.807) is 0 Å². The number of nitrogens with one attached hydrogen (secondary N) is 1. The van der Waals surface area contributed by atoms with E-state index in [1.165, 1.54) is 24.4 Å². The van der Waals surface area contributed by atoms with Gasteiger partial charge in [-0.25, -0.2) is 9.37 Å². The molecule has 7 heteroatoms.